The Bertz CT molecular complexity index is 770. The highest BCUT2D eigenvalue weighted by molar-refractivity contribution is 5.84. The zero-order valence-corrected chi connectivity index (χ0v) is 14.3. The van der Waals surface area contributed by atoms with Gasteiger partial charge >= 0.3 is 0 Å². The highest BCUT2D eigenvalue weighted by Crippen LogP contribution is 2.25. The summed E-state index contributed by atoms with van der Waals surface area (Å²) in [7, 11) is 0. The van der Waals surface area contributed by atoms with Crippen LogP contribution >= 0.6 is 0 Å². The second kappa shape index (κ2) is 7.80. The average molecular weight is 335 g/mol. The number of rotatable bonds is 5. The van der Waals surface area contributed by atoms with E-state index in [-0.39, 0.29) is 17.9 Å². The van der Waals surface area contributed by atoms with Crippen molar-refractivity contribution in [3.63, 3.8) is 0 Å². The molecule has 0 aliphatic carbocycles. The molecule has 1 aliphatic rings. The summed E-state index contributed by atoms with van der Waals surface area (Å²) in [5, 5.41) is 8.95. The zero-order chi connectivity index (χ0) is 17.6. The summed E-state index contributed by atoms with van der Waals surface area (Å²) in [4.78, 5) is 18.9. The predicted octanol–water partition coefficient (Wildman–Crippen LogP) is 3.13. The van der Waals surface area contributed by atoms with Crippen molar-refractivity contribution in [3.8, 4) is 11.9 Å². The molecular formula is C20H21N3O2. The summed E-state index contributed by atoms with van der Waals surface area (Å²) >= 11 is 0. The number of likely N-dealkylation sites (tertiary alicyclic amines) is 1. The van der Waals surface area contributed by atoms with E-state index in [1.54, 1.807) is 18.3 Å². The normalized spacial score (nSPS) is 17.8. The smallest absolute Gasteiger partial charge is 0.230 e. The number of ether oxygens (including phenoxy) is 1. The highest BCUT2D eigenvalue weighted by Gasteiger charge is 2.32. The fourth-order valence-electron chi connectivity index (χ4n) is 3.20. The maximum Gasteiger partial charge on any atom is 0.230 e. The molecule has 1 fully saturated rings. The van der Waals surface area contributed by atoms with Crippen molar-refractivity contribution in [3.05, 3.63) is 59.8 Å². The molecule has 5 nitrogen and oxygen atoms in total. The van der Waals surface area contributed by atoms with Gasteiger partial charge in [0.05, 0.1) is 24.1 Å². The quantitative estimate of drug-likeness (QED) is 0.842. The Hall–Kier alpha value is -2.87. The SMILES string of the molecule is CCC(C(=O)N1CCC(Oc2cc(C#N)ccn2)C1)c1ccccc1. The third-order valence-corrected chi connectivity index (χ3v) is 4.52. The zero-order valence-electron chi connectivity index (χ0n) is 14.3. The minimum absolute atomic E-state index is 0.0846. The molecule has 0 bridgehead atoms. The lowest BCUT2D eigenvalue weighted by Gasteiger charge is -2.23. The van der Waals surface area contributed by atoms with Crippen molar-refractivity contribution >= 4 is 5.91 Å². The Morgan fingerprint density at radius 3 is 2.92 bits per heavy atom. The molecule has 1 aromatic heterocycles. The van der Waals surface area contributed by atoms with Crippen LogP contribution in [0.5, 0.6) is 5.88 Å². The number of aromatic nitrogens is 1. The van der Waals surface area contributed by atoms with Gasteiger partial charge < -0.3 is 9.64 Å². The van der Waals surface area contributed by atoms with Gasteiger partial charge in [-0.3, -0.25) is 4.79 Å². The van der Waals surface area contributed by atoms with Crippen LogP contribution < -0.4 is 4.74 Å². The van der Waals surface area contributed by atoms with Crippen LogP contribution in [0, 0.1) is 11.3 Å². The van der Waals surface area contributed by atoms with Crippen molar-refractivity contribution in [1.29, 1.82) is 5.26 Å². The van der Waals surface area contributed by atoms with E-state index in [1.807, 2.05) is 42.2 Å². The molecule has 128 valence electrons. The molecule has 2 unspecified atom stereocenters. The van der Waals surface area contributed by atoms with Crippen LogP contribution in [0.4, 0.5) is 0 Å². The minimum Gasteiger partial charge on any atom is -0.472 e. The van der Waals surface area contributed by atoms with Crippen LogP contribution in [0.1, 0.15) is 36.8 Å². The van der Waals surface area contributed by atoms with Crippen molar-refractivity contribution in [2.75, 3.05) is 13.1 Å². The maximum absolute atomic E-state index is 12.9. The monoisotopic (exact) mass is 335 g/mol. The number of nitriles is 1. The van der Waals surface area contributed by atoms with Crippen LogP contribution in [-0.4, -0.2) is 35.0 Å². The van der Waals surface area contributed by atoms with E-state index in [0.717, 1.165) is 18.4 Å². The summed E-state index contributed by atoms with van der Waals surface area (Å²) in [5.74, 6) is 0.479. The Labute approximate surface area is 147 Å². The summed E-state index contributed by atoms with van der Waals surface area (Å²) in [5.41, 5.74) is 1.58. The van der Waals surface area contributed by atoms with Gasteiger partial charge in [-0.05, 0) is 18.1 Å². The number of benzene rings is 1. The Morgan fingerprint density at radius 2 is 2.20 bits per heavy atom. The molecule has 0 spiro atoms. The first-order valence-corrected chi connectivity index (χ1v) is 8.57. The van der Waals surface area contributed by atoms with Gasteiger partial charge in [0.25, 0.3) is 0 Å². The molecule has 0 radical (unpaired) electrons. The molecule has 1 amide bonds. The van der Waals surface area contributed by atoms with E-state index in [1.165, 1.54) is 0 Å². The first kappa shape index (κ1) is 17.0. The van der Waals surface area contributed by atoms with Gasteiger partial charge in [0.1, 0.15) is 6.10 Å². The largest absolute Gasteiger partial charge is 0.472 e. The van der Waals surface area contributed by atoms with E-state index < -0.39 is 0 Å². The number of hydrogen-bond donors (Lipinski definition) is 0. The molecule has 5 heteroatoms. The van der Waals surface area contributed by atoms with Crippen LogP contribution in [-0.2, 0) is 4.79 Å². The van der Waals surface area contributed by atoms with Crippen molar-refractivity contribution in [1.82, 2.24) is 9.88 Å². The highest BCUT2D eigenvalue weighted by atomic mass is 16.5. The standard InChI is InChI=1S/C20H21N3O2/c1-2-18(16-6-4-3-5-7-16)20(24)23-11-9-17(14-23)25-19-12-15(13-21)8-10-22-19/h3-8,10,12,17-18H,2,9,11,14H2,1H3. The van der Waals surface area contributed by atoms with E-state index in [2.05, 4.69) is 11.1 Å². The molecule has 2 heterocycles. The lowest BCUT2D eigenvalue weighted by Crippen LogP contribution is -2.34. The topological polar surface area (TPSA) is 66.2 Å². The predicted molar refractivity (Wildman–Crippen MR) is 94.0 cm³/mol. The summed E-state index contributed by atoms with van der Waals surface area (Å²) in [6.45, 7) is 3.28. The second-order valence-electron chi connectivity index (χ2n) is 6.18. The first-order valence-electron chi connectivity index (χ1n) is 8.57. The Kier molecular flexibility index (Phi) is 5.30. The van der Waals surface area contributed by atoms with Gasteiger partial charge in [0.2, 0.25) is 11.8 Å². The Morgan fingerprint density at radius 1 is 1.40 bits per heavy atom. The van der Waals surface area contributed by atoms with E-state index in [0.29, 0.717) is 24.5 Å². The number of carbonyl (C=O) groups is 1. The molecular weight excluding hydrogens is 314 g/mol. The molecule has 2 aromatic rings. The van der Waals surface area contributed by atoms with Gasteiger partial charge in [0, 0.05) is 25.2 Å². The van der Waals surface area contributed by atoms with Gasteiger partial charge in [-0.1, -0.05) is 37.3 Å². The fourth-order valence-corrected chi connectivity index (χ4v) is 3.20. The van der Waals surface area contributed by atoms with Gasteiger partial charge in [-0.25, -0.2) is 4.98 Å². The van der Waals surface area contributed by atoms with Crippen molar-refractivity contribution in [2.24, 2.45) is 0 Å². The van der Waals surface area contributed by atoms with Gasteiger partial charge in [-0.15, -0.1) is 0 Å². The number of carbonyl (C=O) groups excluding carboxylic acids is 1. The second-order valence-corrected chi connectivity index (χ2v) is 6.18. The molecule has 0 N–H and O–H groups in total. The first-order chi connectivity index (χ1) is 12.2. The third kappa shape index (κ3) is 3.97. The molecule has 25 heavy (non-hydrogen) atoms. The van der Waals surface area contributed by atoms with Gasteiger partial charge in [0.15, 0.2) is 0 Å². The molecule has 1 aromatic carbocycles. The van der Waals surface area contributed by atoms with Crippen molar-refractivity contribution < 1.29 is 9.53 Å². The summed E-state index contributed by atoms with van der Waals surface area (Å²) in [6.07, 6.45) is 3.03. The van der Waals surface area contributed by atoms with E-state index in [4.69, 9.17) is 10.00 Å². The number of nitrogens with zero attached hydrogens (tertiary/aromatic N) is 3. The molecule has 1 saturated heterocycles. The lowest BCUT2D eigenvalue weighted by atomic mass is 9.95. The lowest BCUT2D eigenvalue weighted by molar-refractivity contribution is -0.132. The summed E-state index contributed by atoms with van der Waals surface area (Å²) in [6, 6.07) is 15.3. The molecule has 1 aliphatic heterocycles. The van der Waals surface area contributed by atoms with Crippen molar-refractivity contribution in [2.45, 2.75) is 31.8 Å². The Balaban J connectivity index is 1.63. The van der Waals surface area contributed by atoms with Gasteiger partial charge in [-0.2, -0.15) is 5.26 Å². The van der Waals surface area contributed by atoms with Crippen LogP contribution in [0.15, 0.2) is 48.7 Å². The molecule has 2 atom stereocenters. The third-order valence-electron chi connectivity index (χ3n) is 4.52. The number of pyridine rings is 1. The molecule has 3 rings (SSSR count). The number of amides is 1. The summed E-state index contributed by atoms with van der Waals surface area (Å²) < 4.78 is 5.86. The molecule has 0 saturated carbocycles. The van der Waals surface area contributed by atoms with E-state index in [9.17, 15) is 4.79 Å². The maximum atomic E-state index is 12.9. The van der Waals surface area contributed by atoms with E-state index >= 15 is 0 Å². The van der Waals surface area contributed by atoms with Crippen LogP contribution in [0.25, 0.3) is 0 Å². The van der Waals surface area contributed by atoms with Crippen LogP contribution in [0.2, 0.25) is 0 Å². The minimum atomic E-state index is -0.111. The van der Waals surface area contributed by atoms with Crippen LogP contribution in [0.3, 0.4) is 0 Å². The number of hydrogen-bond acceptors (Lipinski definition) is 4. The average Bonchev–Trinajstić information content (AvgIpc) is 3.12. The fraction of sp³-hybridized carbons (Fsp3) is 0.350.